The first kappa shape index (κ1) is 20.2. The molecule has 156 valence electrons. The van der Waals surface area contributed by atoms with Crippen molar-refractivity contribution in [1.29, 1.82) is 0 Å². The van der Waals surface area contributed by atoms with Crippen LogP contribution in [-0.2, 0) is 4.79 Å². The van der Waals surface area contributed by atoms with Crippen LogP contribution in [0.2, 0.25) is 5.02 Å². The Balaban J connectivity index is 1.35. The van der Waals surface area contributed by atoms with E-state index in [0.717, 1.165) is 31.7 Å². The number of nitrogens with one attached hydrogen (secondary N) is 2. The Labute approximate surface area is 179 Å². The van der Waals surface area contributed by atoms with Crippen molar-refractivity contribution in [3.05, 3.63) is 53.7 Å². The van der Waals surface area contributed by atoms with Crippen molar-refractivity contribution < 1.29 is 9.59 Å². The first-order valence-electron chi connectivity index (χ1n) is 9.90. The number of anilines is 3. The average molecular weight is 427 g/mol. The van der Waals surface area contributed by atoms with E-state index in [1.54, 1.807) is 35.4 Å². The Kier molecular flexibility index (Phi) is 5.85. The van der Waals surface area contributed by atoms with E-state index in [1.807, 2.05) is 0 Å². The van der Waals surface area contributed by atoms with Crippen LogP contribution in [0.3, 0.4) is 0 Å². The predicted octanol–water partition coefficient (Wildman–Crippen LogP) is 2.79. The number of benzene rings is 1. The maximum atomic E-state index is 12.8. The zero-order valence-electron chi connectivity index (χ0n) is 16.5. The van der Waals surface area contributed by atoms with E-state index < -0.39 is 0 Å². The summed E-state index contributed by atoms with van der Waals surface area (Å²) in [5.74, 6) is 0.960. The van der Waals surface area contributed by atoms with Gasteiger partial charge in [0, 0.05) is 43.5 Å². The highest BCUT2D eigenvalue weighted by Crippen LogP contribution is 2.28. The topological polar surface area (TPSA) is 90.5 Å². The van der Waals surface area contributed by atoms with E-state index in [2.05, 4.69) is 32.1 Å². The Bertz CT molecular complexity index is 960. The third-order valence-electron chi connectivity index (χ3n) is 5.27. The van der Waals surface area contributed by atoms with Gasteiger partial charge in [0.2, 0.25) is 11.9 Å². The summed E-state index contributed by atoms with van der Waals surface area (Å²) >= 11 is 6.22. The third kappa shape index (κ3) is 4.38. The van der Waals surface area contributed by atoms with Gasteiger partial charge in [0.1, 0.15) is 5.02 Å². The number of hydrogen-bond donors (Lipinski definition) is 2. The second kappa shape index (κ2) is 8.71. The normalized spacial score (nSPS) is 18.0. The van der Waals surface area contributed by atoms with E-state index >= 15 is 0 Å². The second-order valence-corrected chi connectivity index (χ2v) is 7.76. The van der Waals surface area contributed by atoms with Gasteiger partial charge >= 0.3 is 0 Å². The fourth-order valence-electron chi connectivity index (χ4n) is 3.49. The van der Waals surface area contributed by atoms with Crippen LogP contribution in [0.4, 0.5) is 17.5 Å². The van der Waals surface area contributed by atoms with Gasteiger partial charge in [-0.2, -0.15) is 4.98 Å². The molecule has 0 bridgehead atoms. The highest BCUT2D eigenvalue weighted by atomic mass is 35.5. The van der Waals surface area contributed by atoms with Gasteiger partial charge in [-0.25, -0.2) is 4.98 Å². The molecule has 1 atom stereocenters. The first-order valence-corrected chi connectivity index (χ1v) is 10.3. The maximum absolute atomic E-state index is 12.8. The minimum Gasteiger partial charge on any atom is -0.355 e. The third-order valence-corrected chi connectivity index (χ3v) is 5.54. The zero-order chi connectivity index (χ0) is 21.1. The molecule has 0 aliphatic carbocycles. The number of nitrogens with zero attached hydrogens (tertiary/aromatic N) is 4. The summed E-state index contributed by atoms with van der Waals surface area (Å²) in [5, 5.41) is 6.55. The Morgan fingerprint density at radius 2 is 1.97 bits per heavy atom. The van der Waals surface area contributed by atoms with Crippen molar-refractivity contribution in [1.82, 2.24) is 14.9 Å². The molecule has 4 rings (SSSR count). The zero-order valence-corrected chi connectivity index (χ0v) is 17.2. The molecule has 2 aromatic rings. The minimum atomic E-state index is -0.288. The molecule has 3 heterocycles. The maximum Gasteiger partial charge on any atom is 0.253 e. The van der Waals surface area contributed by atoms with Gasteiger partial charge in [-0.3, -0.25) is 9.59 Å². The van der Waals surface area contributed by atoms with Crippen LogP contribution in [0.1, 0.15) is 23.2 Å². The van der Waals surface area contributed by atoms with Gasteiger partial charge in [0.05, 0.1) is 6.20 Å². The van der Waals surface area contributed by atoms with Gasteiger partial charge < -0.3 is 20.4 Å². The molecule has 2 fully saturated rings. The molecule has 0 saturated carbocycles. The molecule has 0 spiro atoms. The smallest absolute Gasteiger partial charge is 0.253 e. The highest BCUT2D eigenvalue weighted by molar-refractivity contribution is 6.32. The molecule has 1 aromatic carbocycles. The Morgan fingerprint density at radius 3 is 2.63 bits per heavy atom. The van der Waals surface area contributed by atoms with E-state index in [0.29, 0.717) is 35.3 Å². The molecule has 2 aliphatic rings. The fraction of sp³-hybridized carbons (Fsp3) is 0.333. The van der Waals surface area contributed by atoms with Crippen molar-refractivity contribution >= 4 is 40.9 Å². The summed E-state index contributed by atoms with van der Waals surface area (Å²) in [7, 11) is 0. The second-order valence-electron chi connectivity index (χ2n) is 7.36. The van der Waals surface area contributed by atoms with Crippen molar-refractivity contribution in [3.63, 3.8) is 0 Å². The van der Waals surface area contributed by atoms with Gasteiger partial charge in [-0.05, 0) is 43.2 Å². The summed E-state index contributed by atoms with van der Waals surface area (Å²) in [6.45, 7) is 6.55. The van der Waals surface area contributed by atoms with Gasteiger partial charge in [0.25, 0.3) is 5.91 Å². The molecule has 2 saturated heterocycles. The molecule has 8 nitrogen and oxygen atoms in total. The number of likely N-dealkylation sites (tertiary alicyclic amines) is 1. The van der Waals surface area contributed by atoms with E-state index in [-0.39, 0.29) is 17.9 Å². The lowest BCUT2D eigenvalue weighted by atomic mass is 10.2. The summed E-state index contributed by atoms with van der Waals surface area (Å²) in [4.78, 5) is 36.9. The summed E-state index contributed by atoms with van der Waals surface area (Å²) in [6, 6.07) is 6.91. The number of aromatic nitrogens is 2. The van der Waals surface area contributed by atoms with Crippen molar-refractivity contribution in [2.24, 2.45) is 0 Å². The SMILES string of the molecule is C=CC(=O)Nc1ccc(C(=O)N2CCC(Nc3ncc(Cl)c(N4CCC4)n3)C2)cc1. The summed E-state index contributed by atoms with van der Waals surface area (Å²) in [5.41, 5.74) is 1.20. The van der Waals surface area contributed by atoms with Crippen LogP contribution in [0.25, 0.3) is 0 Å². The number of halogens is 1. The molecular weight excluding hydrogens is 404 g/mol. The van der Waals surface area contributed by atoms with E-state index in [1.165, 1.54) is 6.08 Å². The minimum absolute atomic E-state index is 0.0424. The van der Waals surface area contributed by atoms with Crippen LogP contribution >= 0.6 is 11.6 Å². The monoisotopic (exact) mass is 426 g/mol. The van der Waals surface area contributed by atoms with Crippen LogP contribution in [0.15, 0.2) is 43.1 Å². The number of amides is 2. The molecule has 9 heteroatoms. The van der Waals surface area contributed by atoms with Crippen LogP contribution in [0.5, 0.6) is 0 Å². The van der Waals surface area contributed by atoms with Crippen molar-refractivity contribution in [2.45, 2.75) is 18.9 Å². The average Bonchev–Trinajstić information content (AvgIpc) is 3.17. The number of hydrogen-bond acceptors (Lipinski definition) is 6. The lowest BCUT2D eigenvalue weighted by molar-refractivity contribution is -0.111. The van der Waals surface area contributed by atoms with Gasteiger partial charge in [-0.1, -0.05) is 18.2 Å². The summed E-state index contributed by atoms with van der Waals surface area (Å²) < 4.78 is 0. The molecule has 2 N–H and O–H groups in total. The number of carbonyl (C=O) groups excluding carboxylic acids is 2. The van der Waals surface area contributed by atoms with Gasteiger partial charge in [-0.15, -0.1) is 0 Å². The molecule has 30 heavy (non-hydrogen) atoms. The van der Waals surface area contributed by atoms with Crippen LogP contribution < -0.4 is 15.5 Å². The Morgan fingerprint density at radius 1 is 1.20 bits per heavy atom. The van der Waals surface area contributed by atoms with E-state index in [4.69, 9.17) is 11.6 Å². The number of rotatable bonds is 6. The molecule has 1 aromatic heterocycles. The fourth-order valence-corrected chi connectivity index (χ4v) is 3.71. The van der Waals surface area contributed by atoms with Gasteiger partial charge in [0.15, 0.2) is 5.82 Å². The van der Waals surface area contributed by atoms with E-state index in [9.17, 15) is 9.59 Å². The predicted molar refractivity (Wildman–Crippen MR) is 117 cm³/mol. The standard InChI is InChI=1S/C21H23ClN6O2/c1-2-18(29)24-15-6-4-14(5-7-15)20(30)28-11-8-16(13-28)25-21-23-12-17(22)19(26-21)27-9-3-10-27/h2,4-7,12,16H,1,3,8-11,13H2,(H,24,29)(H,23,25,26). The number of carbonyl (C=O) groups is 2. The molecule has 0 radical (unpaired) electrons. The molecule has 2 aliphatic heterocycles. The van der Waals surface area contributed by atoms with Crippen molar-refractivity contribution in [3.8, 4) is 0 Å². The van der Waals surface area contributed by atoms with Crippen LogP contribution in [0, 0.1) is 0 Å². The van der Waals surface area contributed by atoms with Crippen molar-refractivity contribution in [2.75, 3.05) is 41.7 Å². The summed E-state index contributed by atoms with van der Waals surface area (Å²) in [6.07, 6.45) is 4.77. The lowest BCUT2D eigenvalue weighted by Crippen LogP contribution is -2.38. The lowest BCUT2D eigenvalue weighted by Gasteiger charge is -2.32. The molecule has 1 unspecified atom stereocenters. The first-order chi connectivity index (χ1) is 14.5. The highest BCUT2D eigenvalue weighted by Gasteiger charge is 2.28. The Hall–Kier alpha value is -3.13. The largest absolute Gasteiger partial charge is 0.355 e. The molecule has 2 amide bonds. The van der Waals surface area contributed by atoms with Crippen LogP contribution in [-0.4, -0.2) is 58.9 Å². The quantitative estimate of drug-likeness (QED) is 0.690. The molecular formula is C21H23ClN6O2.